The van der Waals surface area contributed by atoms with Crippen molar-refractivity contribution in [1.82, 2.24) is 20.1 Å². The topological polar surface area (TPSA) is 53.0 Å². The first-order valence-corrected chi connectivity index (χ1v) is 9.97. The van der Waals surface area contributed by atoms with Crippen LogP contribution in [0.25, 0.3) is 0 Å². The maximum Gasteiger partial charge on any atom is 0.194 e. The Bertz CT molecular complexity index is 519. The molecule has 0 aliphatic carbocycles. The molecule has 0 aliphatic heterocycles. The number of aromatic nitrogens is 1. The van der Waals surface area contributed by atoms with Gasteiger partial charge in [-0.15, -0.1) is 11.3 Å². The van der Waals surface area contributed by atoms with E-state index in [9.17, 15) is 0 Å². The maximum atomic E-state index is 5.34. The molecule has 25 heavy (non-hydrogen) atoms. The largest absolute Gasteiger partial charge is 0.375 e. The molecule has 2 unspecified atom stereocenters. The molecule has 7 heteroatoms. The fraction of sp³-hybridized carbons (Fsp3) is 0.778. The molecule has 2 atom stereocenters. The lowest BCUT2D eigenvalue weighted by Crippen LogP contribution is -2.39. The first kappa shape index (κ1) is 21.9. The fourth-order valence-corrected chi connectivity index (χ4v) is 3.16. The molecule has 1 N–H and O–H groups in total. The van der Waals surface area contributed by atoms with Gasteiger partial charge in [-0.25, -0.2) is 4.98 Å². The highest BCUT2D eigenvalue weighted by Crippen LogP contribution is 2.20. The van der Waals surface area contributed by atoms with Crippen molar-refractivity contribution in [2.75, 3.05) is 40.8 Å². The summed E-state index contributed by atoms with van der Waals surface area (Å²) >= 11 is 1.65. The SMILES string of the molecule is CCNC(=NCCN(C)C(C)CC)N(C)Cc1csc(C(C)OC)n1. The van der Waals surface area contributed by atoms with Crippen LogP contribution < -0.4 is 5.32 Å². The average molecular weight is 370 g/mol. The van der Waals surface area contributed by atoms with Crippen LogP contribution in [0.5, 0.6) is 0 Å². The summed E-state index contributed by atoms with van der Waals surface area (Å²) in [6.45, 7) is 11.9. The Labute approximate surface area is 157 Å². The van der Waals surface area contributed by atoms with Crippen LogP contribution in [-0.4, -0.2) is 67.6 Å². The third kappa shape index (κ3) is 7.30. The summed E-state index contributed by atoms with van der Waals surface area (Å²) in [6, 6.07) is 0.590. The van der Waals surface area contributed by atoms with Gasteiger partial charge in [0, 0.05) is 38.7 Å². The lowest BCUT2D eigenvalue weighted by atomic mass is 10.2. The zero-order chi connectivity index (χ0) is 18.8. The molecule has 0 aliphatic rings. The van der Waals surface area contributed by atoms with Gasteiger partial charge in [-0.1, -0.05) is 6.92 Å². The van der Waals surface area contributed by atoms with Gasteiger partial charge in [0.25, 0.3) is 0 Å². The van der Waals surface area contributed by atoms with E-state index in [2.05, 4.69) is 60.3 Å². The number of nitrogens with zero attached hydrogens (tertiary/aromatic N) is 4. The van der Waals surface area contributed by atoms with E-state index in [1.54, 1.807) is 18.4 Å². The molecular formula is C18H35N5OS. The molecule has 1 aromatic heterocycles. The van der Waals surface area contributed by atoms with Gasteiger partial charge >= 0.3 is 0 Å². The van der Waals surface area contributed by atoms with Crippen LogP contribution >= 0.6 is 11.3 Å². The van der Waals surface area contributed by atoms with Gasteiger partial charge in [0.2, 0.25) is 0 Å². The lowest BCUT2D eigenvalue weighted by molar-refractivity contribution is 0.119. The summed E-state index contributed by atoms with van der Waals surface area (Å²) in [7, 11) is 5.93. The highest BCUT2D eigenvalue weighted by atomic mass is 32.1. The van der Waals surface area contributed by atoms with Crippen LogP contribution in [-0.2, 0) is 11.3 Å². The van der Waals surface area contributed by atoms with E-state index in [0.717, 1.165) is 49.3 Å². The number of ether oxygens (including phenoxy) is 1. The van der Waals surface area contributed by atoms with Crippen LogP contribution in [0.1, 0.15) is 50.9 Å². The standard InChI is InChI=1S/C18H35N5OS/c1-8-14(3)22(5)11-10-20-18(19-9-2)23(6)12-16-13-25-17(21-16)15(4)24-7/h13-15H,8-12H2,1-7H3,(H,19,20). The number of methoxy groups -OCH3 is 1. The van der Waals surface area contributed by atoms with Gasteiger partial charge in [0.05, 0.1) is 18.8 Å². The Morgan fingerprint density at radius 1 is 1.36 bits per heavy atom. The molecule has 0 saturated carbocycles. The Hall–Kier alpha value is -1.18. The second kappa shape index (κ2) is 11.4. The first-order chi connectivity index (χ1) is 11.9. The van der Waals surface area contributed by atoms with E-state index in [1.807, 2.05) is 6.92 Å². The molecule has 0 fully saturated rings. The van der Waals surface area contributed by atoms with Gasteiger partial charge < -0.3 is 19.9 Å². The predicted octanol–water partition coefficient (Wildman–Crippen LogP) is 2.98. The van der Waals surface area contributed by atoms with E-state index in [1.165, 1.54) is 0 Å². The molecule has 144 valence electrons. The fourth-order valence-electron chi connectivity index (χ4n) is 2.32. The summed E-state index contributed by atoms with van der Waals surface area (Å²) in [4.78, 5) is 13.9. The summed E-state index contributed by atoms with van der Waals surface area (Å²) in [6.07, 6.45) is 1.20. The number of hydrogen-bond acceptors (Lipinski definition) is 5. The molecule has 0 spiro atoms. The van der Waals surface area contributed by atoms with Gasteiger partial charge in [-0.05, 0) is 34.2 Å². The second-order valence-electron chi connectivity index (χ2n) is 6.38. The van der Waals surface area contributed by atoms with Gasteiger partial charge in [-0.2, -0.15) is 0 Å². The van der Waals surface area contributed by atoms with Crippen LogP contribution in [0.4, 0.5) is 0 Å². The van der Waals surface area contributed by atoms with Crippen LogP contribution in [0.3, 0.4) is 0 Å². The van der Waals surface area contributed by atoms with Gasteiger partial charge in [0.15, 0.2) is 5.96 Å². The Morgan fingerprint density at radius 3 is 2.68 bits per heavy atom. The highest BCUT2D eigenvalue weighted by molar-refractivity contribution is 7.09. The number of aliphatic imine (C=N–C) groups is 1. The smallest absolute Gasteiger partial charge is 0.194 e. The summed E-state index contributed by atoms with van der Waals surface area (Å²) in [5.74, 6) is 0.925. The second-order valence-corrected chi connectivity index (χ2v) is 7.27. The summed E-state index contributed by atoms with van der Waals surface area (Å²) < 4.78 is 5.34. The van der Waals surface area contributed by atoms with Crippen molar-refractivity contribution < 1.29 is 4.74 Å². The summed E-state index contributed by atoms with van der Waals surface area (Å²) in [5, 5.41) is 6.48. The van der Waals surface area contributed by atoms with E-state index < -0.39 is 0 Å². The van der Waals surface area contributed by atoms with Crippen LogP contribution in [0.2, 0.25) is 0 Å². The number of guanidine groups is 1. The maximum absolute atomic E-state index is 5.34. The van der Waals surface area contributed by atoms with Crippen molar-refractivity contribution >= 4 is 17.3 Å². The molecule has 0 saturated heterocycles. The number of likely N-dealkylation sites (N-methyl/N-ethyl adjacent to an activating group) is 1. The first-order valence-electron chi connectivity index (χ1n) is 9.09. The Balaban J connectivity index is 2.64. The van der Waals surface area contributed by atoms with E-state index in [-0.39, 0.29) is 6.10 Å². The predicted molar refractivity (Wildman–Crippen MR) is 107 cm³/mol. The number of hydrogen-bond donors (Lipinski definition) is 1. The molecule has 1 aromatic rings. The highest BCUT2D eigenvalue weighted by Gasteiger charge is 2.13. The van der Waals surface area contributed by atoms with Crippen molar-refractivity contribution in [3.63, 3.8) is 0 Å². The van der Waals surface area contributed by atoms with Crippen molar-refractivity contribution in [2.45, 2.75) is 52.8 Å². The van der Waals surface area contributed by atoms with Crippen molar-refractivity contribution in [1.29, 1.82) is 0 Å². The molecule has 6 nitrogen and oxygen atoms in total. The molecule has 0 amide bonds. The number of thiazole rings is 1. The Kier molecular flexibility index (Phi) is 10.0. The third-order valence-corrected chi connectivity index (χ3v) is 5.48. The molecule has 1 heterocycles. The minimum Gasteiger partial charge on any atom is -0.375 e. The average Bonchev–Trinajstić information content (AvgIpc) is 3.07. The van der Waals surface area contributed by atoms with Crippen molar-refractivity contribution in [3.05, 3.63) is 16.1 Å². The molecule has 0 radical (unpaired) electrons. The van der Waals surface area contributed by atoms with E-state index >= 15 is 0 Å². The molecular weight excluding hydrogens is 334 g/mol. The molecule has 0 aromatic carbocycles. The zero-order valence-electron chi connectivity index (χ0n) is 16.9. The quantitative estimate of drug-likeness (QED) is 0.508. The minimum absolute atomic E-state index is 0.0436. The van der Waals surface area contributed by atoms with Crippen LogP contribution in [0, 0.1) is 0 Å². The van der Waals surface area contributed by atoms with Gasteiger partial charge in [-0.3, -0.25) is 4.99 Å². The summed E-state index contributed by atoms with van der Waals surface area (Å²) in [5.41, 5.74) is 1.05. The normalized spacial score (nSPS) is 14.6. The van der Waals surface area contributed by atoms with Crippen molar-refractivity contribution in [2.24, 2.45) is 4.99 Å². The Morgan fingerprint density at radius 2 is 2.08 bits per heavy atom. The number of nitrogens with one attached hydrogen (secondary N) is 1. The van der Waals surface area contributed by atoms with Crippen LogP contribution in [0.15, 0.2) is 10.4 Å². The monoisotopic (exact) mass is 369 g/mol. The zero-order valence-corrected chi connectivity index (χ0v) is 17.7. The molecule has 1 rings (SSSR count). The lowest BCUT2D eigenvalue weighted by Gasteiger charge is -2.24. The third-order valence-electron chi connectivity index (χ3n) is 4.42. The molecule has 0 bridgehead atoms. The van der Waals surface area contributed by atoms with E-state index in [0.29, 0.717) is 6.04 Å². The minimum atomic E-state index is 0.0436. The van der Waals surface area contributed by atoms with Gasteiger partial charge in [0.1, 0.15) is 11.1 Å². The number of rotatable bonds is 10. The van der Waals surface area contributed by atoms with E-state index in [4.69, 9.17) is 9.73 Å². The van der Waals surface area contributed by atoms with Crippen molar-refractivity contribution in [3.8, 4) is 0 Å².